The number of ether oxygens (including phenoxy) is 3. The molecule has 5 nitrogen and oxygen atoms in total. The molecule has 0 aliphatic carbocycles. The third kappa shape index (κ3) is 2.64. The van der Waals surface area contributed by atoms with Crippen molar-refractivity contribution < 1.29 is 24.1 Å². The zero-order valence-electron chi connectivity index (χ0n) is 9.39. The predicted molar refractivity (Wildman–Crippen MR) is 57.2 cm³/mol. The maximum Gasteiger partial charge on any atom is 0.194 e. The molecule has 0 saturated carbocycles. The van der Waals surface area contributed by atoms with Gasteiger partial charge in [-0.25, -0.2) is 0 Å². The van der Waals surface area contributed by atoms with Gasteiger partial charge in [0, 0.05) is 12.1 Å². The van der Waals surface area contributed by atoms with E-state index < -0.39 is 6.29 Å². The Morgan fingerprint density at radius 3 is 2.06 bits per heavy atom. The van der Waals surface area contributed by atoms with E-state index in [0.29, 0.717) is 29.1 Å². The number of rotatable bonds is 5. The minimum Gasteiger partial charge on any atom is -0.496 e. The highest BCUT2D eigenvalue weighted by Gasteiger charge is 2.13. The largest absolute Gasteiger partial charge is 0.496 e. The molecule has 16 heavy (non-hydrogen) atoms. The van der Waals surface area contributed by atoms with E-state index in [4.69, 9.17) is 19.3 Å². The molecule has 1 aromatic rings. The molecule has 0 aliphatic heterocycles. The van der Waals surface area contributed by atoms with E-state index in [-0.39, 0.29) is 0 Å². The molecule has 5 heteroatoms. The Labute approximate surface area is 93.6 Å². The summed E-state index contributed by atoms with van der Waals surface area (Å²) in [6, 6.07) is 3.03. The van der Waals surface area contributed by atoms with Crippen LogP contribution in [0.1, 0.15) is 17.3 Å². The molecule has 0 radical (unpaired) electrons. The van der Waals surface area contributed by atoms with E-state index in [2.05, 4.69) is 0 Å². The molecule has 0 aliphatic rings. The molecule has 0 aromatic heterocycles. The van der Waals surface area contributed by atoms with Crippen LogP contribution in [0, 0.1) is 0 Å². The van der Waals surface area contributed by atoms with Crippen LogP contribution in [-0.4, -0.2) is 31.9 Å². The lowest BCUT2D eigenvalue weighted by atomic mass is 10.2. The number of aliphatic hydroxyl groups excluding tert-OH is 1. The van der Waals surface area contributed by atoms with Gasteiger partial charge >= 0.3 is 0 Å². The van der Waals surface area contributed by atoms with Gasteiger partial charge in [-0.15, -0.1) is 0 Å². The van der Waals surface area contributed by atoms with Crippen molar-refractivity contribution in [2.45, 2.75) is 13.2 Å². The summed E-state index contributed by atoms with van der Waals surface area (Å²) >= 11 is 0. The van der Waals surface area contributed by atoms with Gasteiger partial charge in [-0.1, -0.05) is 0 Å². The Hall–Kier alpha value is -1.75. The van der Waals surface area contributed by atoms with Crippen molar-refractivity contribution >= 4 is 6.29 Å². The van der Waals surface area contributed by atoms with Crippen molar-refractivity contribution in [3.05, 3.63) is 17.7 Å². The second kappa shape index (κ2) is 5.37. The Kier molecular flexibility index (Phi) is 4.13. The van der Waals surface area contributed by atoms with Crippen LogP contribution in [0.15, 0.2) is 12.1 Å². The van der Waals surface area contributed by atoms with Crippen LogP contribution >= 0.6 is 0 Å². The minimum absolute atomic E-state index is 0.308. The third-order valence-corrected chi connectivity index (χ3v) is 1.94. The van der Waals surface area contributed by atoms with E-state index in [1.807, 2.05) is 0 Å². The second-order valence-corrected chi connectivity index (χ2v) is 3.08. The van der Waals surface area contributed by atoms with Gasteiger partial charge in [0.2, 0.25) is 0 Å². The highest BCUT2D eigenvalue weighted by atomic mass is 16.6. The highest BCUT2D eigenvalue weighted by Crippen LogP contribution is 2.32. The van der Waals surface area contributed by atoms with Gasteiger partial charge in [0.25, 0.3) is 0 Å². The van der Waals surface area contributed by atoms with Crippen LogP contribution in [0.25, 0.3) is 0 Å². The number of carbonyl (C=O) groups is 1. The minimum atomic E-state index is -0.948. The zero-order valence-corrected chi connectivity index (χ0v) is 9.39. The van der Waals surface area contributed by atoms with Crippen LogP contribution in [-0.2, 0) is 0 Å². The smallest absolute Gasteiger partial charge is 0.194 e. The molecule has 1 N–H and O–H groups in total. The molecule has 1 atom stereocenters. The summed E-state index contributed by atoms with van der Waals surface area (Å²) in [6.07, 6.45) is -0.305. The van der Waals surface area contributed by atoms with Crippen molar-refractivity contribution in [3.8, 4) is 17.2 Å². The first-order valence-corrected chi connectivity index (χ1v) is 4.68. The second-order valence-electron chi connectivity index (χ2n) is 3.08. The summed E-state index contributed by atoms with van der Waals surface area (Å²) in [5, 5.41) is 9.09. The number of methoxy groups -OCH3 is 2. The molecule has 0 saturated heterocycles. The molecule has 0 bridgehead atoms. The Balaban J connectivity index is 3.20. The normalized spacial score (nSPS) is 11.8. The van der Waals surface area contributed by atoms with E-state index in [9.17, 15) is 4.79 Å². The predicted octanol–water partition coefficient (Wildman–Crippen LogP) is 1.23. The van der Waals surface area contributed by atoms with E-state index in [1.54, 1.807) is 0 Å². The standard InChI is InChI=1S/C11H14O5/c1-7(13)16-8-4-10(14-2)9(6-12)11(5-8)15-3/h4-7,13H,1-3H3. The summed E-state index contributed by atoms with van der Waals surface area (Å²) in [7, 11) is 2.88. The third-order valence-electron chi connectivity index (χ3n) is 1.94. The van der Waals surface area contributed by atoms with E-state index in [0.717, 1.165) is 0 Å². The lowest BCUT2D eigenvalue weighted by molar-refractivity contribution is -0.000531. The fourth-order valence-corrected chi connectivity index (χ4v) is 1.30. The molecule has 0 spiro atoms. The molecular formula is C11H14O5. The van der Waals surface area contributed by atoms with Crippen molar-refractivity contribution in [2.24, 2.45) is 0 Å². The number of benzene rings is 1. The van der Waals surface area contributed by atoms with Gasteiger partial charge in [-0.2, -0.15) is 0 Å². The van der Waals surface area contributed by atoms with Crippen LogP contribution in [0.4, 0.5) is 0 Å². The number of carbonyl (C=O) groups excluding carboxylic acids is 1. The average molecular weight is 226 g/mol. The topological polar surface area (TPSA) is 65.0 Å². The fourth-order valence-electron chi connectivity index (χ4n) is 1.30. The number of hydrogen-bond donors (Lipinski definition) is 1. The van der Waals surface area contributed by atoms with Gasteiger partial charge in [-0.05, 0) is 6.92 Å². The number of aliphatic hydroxyl groups is 1. The first-order chi connectivity index (χ1) is 7.62. The lowest BCUT2D eigenvalue weighted by Crippen LogP contribution is -2.10. The summed E-state index contributed by atoms with van der Waals surface area (Å²) in [6.45, 7) is 1.48. The first-order valence-electron chi connectivity index (χ1n) is 4.68. The summed E-state index contributed by atoms with van der Waals surface area (Å²) in [4.78, 5) is 10.8. The SMILES string of the molecule is COc1cc(OC(C)O)cc(OC)c1C=O. The van der Waals surface area contributed by atoms with Gasteiger partial charge < -0.3 is 19.3 Å². The molecule has 1 aromatic carbocycles. The van der Waals surface area contributed by atoms with Crippen molar-refractivity contribution in [2.75, 3.05) is 14.2 Å². The zero-order chi connectivity index (χ0) is 12.1. The lowest BCUT2D eigenvalue weighted by Gasteiger charge is -2.13. The summed E-state index contributed by atoms with van der Waals surface area (Å²) in [5.41, 5.74) is 0.308. The molecule has 1 rings (SSSR count). The fraction of sp³-hybridized carbons (Fsp3) is 0.364. The quantitative estimate of drug-likeness (QED) is 0.604. The van der Waals surface area contributed by atoms with E-state index >= 15 is 0 Å². The highest BCUT2D eigenvalue weighted by molar-refractivity contribution is 5.84. The first kappa shape index (κ1) is 12.3. The van der Waals surface area contributed by atoms with Gasteiger partial charge in [0.1, 0.15) is 17.2 Å². The van der Waals surface area contributed by atoms with Crippen LogP contribution < -0.4 is 14.2 Å². The Morgan fingerprint density at radius 1 is 1.25 bits per heavy atom. The molecule has 0 heterocycles. The van der Waals surface area contributed by atoms with Crippen molar-refractivity contribution in [1.29, 1.82) is 0 Å². The number of aldehydes is 1. The Bertz CT molecular complexity index is 348. The molecule has 0 fully saturated rings. The van der Waals surface area contributed by atoms with Crippen LogP contribution in [0.5, 0.6) is 17.2 Å². The van der Waals surface area contributed by atoms with Crippen molar-refractivity contribution in [3.63, 3.8) is 0 Å². The van der Waals surface area contributed by atoms with Gasteiger partial charge in [0.05, 0.1) is 19.8 Å². The average Bonchev–Trinajstić information content (AvgIpc) is 2.26. The molecule has 1 unspecified atom stereocenters. The Morgan fingerprint density at radius 2 is 1.75 bits per heavy atom. The monoisotopic (exact) mass is 226 g/mol. The molecule has 88 valence electrons. The van der Waals surface area contributed by atoms with E-state index in [1.165, 1.54) is 33.3 Å². The summed E-state index contributed by atoms with van der Waals surface area (Å²) < 4.78 is 15.1. The van der Waals surface area contributed by atoms with Crippen LogP contribution in [0.2, 0.25) is 0 Å². The molecule has 0 amide bonds. The maximum atomic E-state index is 10.8. The van der Waals surface area contributed by atoms with Crippen LogP contribution in [0.3, 0.4) is 0 Å². The van der Waals surface area contributed by atoms with Gasteiger partial charge in [0.15, 0.2) is 12.6 Å². The summed E-state index contributed by atoms with van der Waals surface area (Å²) in [5.74, 6) is 1.05. The van der Waals surface area contributed by atoms with Gasteiger partial charge in [-0.3, -0.25) is 4.79 Å². The maximum absolute atomic E-state index is 10.8. The van der Waals surface area contributed by atoms with Crippen molar-refractivity contribution in [1.82, 2.24) is 0 Å². The molecular weight excluding hydrogens is 212 g/mol. The number of hydrogen-bond acceptors (Lipinski definition) is 5.